The lowest BCUT2D eigenvalue weighted by Gasteiger charge is -2.48. The van der Waals surface area contributed by atoms with Crippen LogP contribution in [0.5, 0.6) is 0 Å². The lowest BCUT2D eigenvalue weighted by Crippen LogP contribution is -2.51. The second-order valence-electron chi connectivity index (χ2n) is 47.2. The summed E-state index contributed by atoms with van der Waals surface area (Å²) in [6, 6.07) is 0. The van der Waals surface area contributed by atoms with Crippen molar-refractivity contribution in [3.05, 3.63) is 97.2 Å². The van der Waals surface area contributed by atoms with Gasteiger partial charge in [-0.2, -0.15) is 0 Å². The van der Waals surface area contributed by atoms with E-state index in [1.54, 1.807) is 55.4 Å². The summed E-state index contributed by atoms with van der Waals surface area (Å²) in [6.07, 6.45) is 59.9. The van der Waals surface area contributed by atoms with E-state index in [0.717, 1.165) is 212 Å². The number of esters is 8. The first-order chi connectivity index (χ1) is 63.9. The smallest absolute Gasteiger partial charge is 0.333 e. The molecule has 0 aromatic heterocycles. The number of fused-ring (bicyclic) bond motifs is 20. The van der Waals surface area contributed by atoms with Crippen molar-refractivity contribution in [3.8, 4) is 0 Å². The SMILES string of the molecule is C=C(C)C(=O)OC1(C(C)C)CC2CC1C1C3CCC(C3)C21.C=C(C)C(=O)OC1(C(C)C)CCCCC1.C=C(C)C(=O)OC1(C)CCCCC1.C=C(C)C(=O)OC1(C2CC3CCC2O3)CCCC1.C=C(C)C(=O)OC1(CC)CC2CC1C1C3CCC(C3)C21.C=C(C)C(=O)OC1(CC)CCC(C2CCCC2)C1.C=C(C)C(=O)OC1(CC)CCCCC1.C=C(C)C(=O)OC1(CC)CCCCCCC1. The molecule has 0 aromatic rings. The highest BCUT2D eigenvalue weighted by Crippen LogP contribution is 2.73. The number of ether oxygens (including phenoxy) is 9. The van der Waals surface area contributed by atoms with Crippen LogP contribution >= 0.6 is 0 Å². The predicted octanol–water partition coefficient (Wildman–Crippen LogP) is 28.9. The summed E-state index contributed by atoms with van der Waals surface area (Å²) in [6.45, 7) is 62.5. The highest BCUT2D eigenvalue weighted by Gasteiger charge is 2.70. The molecule has 17 rings (SSSR count). The van der Waals surface area contributed by atoms with Crippen LogP contribution in [0.1, 0.15) is 439 Å². The zero-order valence-corrected chi connectivity index (χ0v) is 87.9. The fourth-order valence-electron chi connectivity index (χ4n) is 29.4. The first-order valence-electron chi connectivity index (χ1n) is 54.6. The fraction of sp³-hybridized carbons (Fsp3) is 0.797. The molecule has 135 heavy (non-hydrogen) atoms. The summed E-state index contributed by atoms with van der Waals surface area (Å²) < 4.78 is 52.0. The minimum Gasteiger partial charge on any atom is -0.456 e. The van der Waals surface area contributed by atoms with Gasteiger partial charge in [0.25, 0.3) is 0 Å². The maximum absolute atomic E-state index is 12.2. The van der Waals surface area contributed by atoms with Gasteiger partial charge in [0.1, 0.15) is 44.8 Å². The molecule has 17 heteroatoms. The normalized spacial score (nSPS) is 33.4. The van der Waals surface area contributed by atoms with E-state index in [0.29, 0.717) is 86.4 Å². The first kappa shape index (κ1) is 111. The molecule has 10 bridgehead atoms. The Kier molecular flexibility index (Phi) is 39.7. The molecule has 15 saturated carbocycles. The molecule has 2 heterocycles. The fourth-order valence-corrected chi connectivity index (χ4v) is 29.4. The lowest BCUT2D eigenvalue weighted by molar-refractivity contribution is -0.176. The molecule has 760 valence electrons. The van der Waals surface area contributed by atoms with Gasteiger partial charge in [0.05, 0.1) is 12.2 Å². The standard InChI is InChI=1S/C19H28O2.C18H26O2.C16H26O2.C15H22O3.C14H24O2.C13H22O2.C12H20O2.C11H18O2/c1-10(2)18(20)21-19(11(3)4)9-14-8-15(19)17-13-6-5-12(7-13)16(14)17;1-4-18(20-17(19)10(2)3)9-13-8-14(18)16-12-6-5-11(7-12)15(13)16;1-4-16(18-15(17)12(2)3)10-9-14(11-16)13-7-5-6-8-13;1-10(2)14(16)18-15(7-3-4-8-15)12-9-11-5-6-13(12)17-11;1-4-14(16-13(15)12(2)3)10-8-6-5-7-9-11-14;1-10(2)12(14)15-13(11(3)4)8-6-5-7-9-13;1-4-12(8-6-5-7-9-12)14-11(13)10(2)3;1-9(2)10(12)13-11(3)7-5-4-6-8-11/h11-17H,1,5-9H2,2-4H3;11-16H,2,4-9H2,1,3H3;13-14H,2,4-11H2,1,3H3;11-13H,1,3-9H2,2H3;2,4-11H2,1,3H3;11H,1,5-9H2,2-4H3;2,4-9H2,1,3H3;1,4-8H2,2-3H3. The number of hydrogen-bond acceptors (Lipinski definition) is 17. The van der Waals surface area contributed by atoms with Crippen LogP contribution in [0, 0.1) is 101 Å². The first-order valence-corrected chi connectivity index (χ1v) is 54.6. The zero-order chi connectivity index (χ0) is 98.9. The number of rotatable bonds is 24. The van der Waals surface area contributed by atoms with Crippen LogP contribution in [-0.2, 0) is 81.0 Å². The Balaban J connectivity index is 0.000000160. The molecule has 17 aliphatic rings. The van der Waals surface area contributed by atoms with Crippen molar-refractivity contribution in [2.24, 2.45) is 101 Å². The summed E-state index contributed by atoms with van der Waals surface area (Å²) in [5, 5.41) is 0. The lowest BCUT2D eigenvalue weighted by atomic mass is 9.63. The van der Waals surface area contributed by atoms with Gasteiger partial charge in [-0.25, -0.2) is 38.4 Å². The predicted molar refractivity (Wildman–Crippen MR) is 539 cm³/mol. The van der Waals surface area contributed by atoms with Gasteiger partial charge in [-0.1, -0.05) is 172 Å². The second-order valence-corrected chi connectivity index (χ2v) is 47.2. The maximum atomic E-state index is 12.2. The van der Waals surface area contributed by atoms with Gasteiger partial charge in [0.2, 0.25) is 0 Å². The highest BCUT2D eigenvalue weighted by molar-refractivity contribution is 5.90. The Morgan fingerprint density at radius 3 is 1.08 bits per heavy atom. The third-order valence-electron chi connectivity index (χ3n) is 37.0. The Hall–Kier alpha value is -6.36. The van der Waals surface area contributed by atoms with E-state index in [9.17, 15) is 38.4 Å². The third kappa shape index (κ3) is 26.9. The van der Waals surface area contributed by atoms with Gasteiger partial charge in [-0.3, -0.25) is 0 Å². The van der Waals surface area contributed by atoms with Gasteiger partial charge >= 0.3 is 47.8 Å². The largest absolute Gasteiger partial charge is 0.456 e. The van der Waals surface area contributed by atoms with E-state index < -0.39 is 0 Å². The van der Waals surface area contributed by atoms with Crippen molar-refractivity contribution in [1.82, 2.24) is 0 Å². The van der Waals surface area contributed by atoms with E-state index in [-0.39, 0.29) is 92.6 Å². The highest BCUT2D eigenvalue weighted by atomic mass is 16.6. The molecule has 17 fully saturated rings. The monoisotopic (exact) mass is 1880 g/mol. The summed E-state index contributed by atoms with van der Waals surface area (Å²) >= 11 is 0. The zero-order valence-electron chi connectivity index (χ0n) is 87.9. The van der Waals surface area contributed by atoms with Crippen LogP contribution in [0.2, 0.25) is 0 Å². The average molecular weight is 1880 g/mol. The van der Waals surface area contributed by atoms with E-state index in [1.165, 1.54) is 180 Å². The Labute approximate surface area is 817 Å². The summed E-state index contributed by atoms with van der Waals surface area (Å²) in [5.74, 6) is 11.6. The van der Waals surface area contributed by atoms with Crippen LogP contribution in [0.3, 0.4) is 0 Å². The third-order valence-corrected chi connectivity index (χ3v) is 37.0. The molecule has 0 radical (unpaired) electrons. The van der Waals surface area contributed by atoms with Crippen LogP contribution in [0.25, 0.3) is 0 Å². The molecular formula is C118H186O17. The molecule has 19 atom stereocenters. The van der Waals surface area contributed by atoms with Crippen molar-refractivity contribution >= 4 is 47.8 Å². The van der Waals surface area contributed by atoms with Gasteiger partial charge in [-0.05, 0) is 402 Å². The molecule has 19 unspecified atom stereocenters. The van der Waals surface area contributed by atoms with Gasteiger partial charge in [-0.15, -0.1) is 0 Å². The van der Waals surface area contributed by atoms with E-state index >= 15 is 0 Å². The summed E-state index contributed by atoms with van der Waals surface area (Å²) in [4.78, 5) is 94.0. The van der Waals surface area contributed by atoms with Crippen molar-refractivity contribution in [2.75, 3.05) is 0 Å². The van der Waals surface area contributed by atoms with E-state index in [4.69, 9.17) is 42.6 Å². The molecule has 0 N–H and O–H groups in total. The Morgan fingerprint density at radius 2 is 0.659 bits per heavy atom. The Morgan fingerprint density at radius 1 is 0.289 bits per heavy atom. The minimum atomic E-state index is -0.254. The maximum Gasteiger partial charge on any atom is 0.333 e. The molecule has 2 aliphatic heterocycles. The van der Waals surface area contributed by atoms with Crippen molar-refractivity contribution in [3.63, 3.8) is 0 Å². The average Bonchev–Trinajstić information content (AvgIpc) is 1.53. The van der Waals surface area contributed by atoms with E-state index in [1.807, 2.05) is 6.92 Å². The molecular weight excluding hydrogens is 1690 g/mol. The molecule has 15 aliphatic carbocycles. The van der Waals surface area contributed by atoms with Crippen LogP contribution in [0.15, 0.2) is 97.2 Å². The van der Waals surface area contributed by atoms with Crippen LogP contribution < -0.4 is 0 Å². The molecule has 17 nitrogen and oxygen atoms in total. The number of carbonyl (C=O) groups excluding carboxylic acids is 8. The topological polar surface area (TPSA) is 220 Å². The molecule has 0 spiro atoms. The van der Waals surface area contributed by atoms with Crippen molar-refractivity contribution in [2.45, 2.75) is 496 Å². The van der Waals surface area contributed by atoms with Crippen molar-refractivity contribution in [1.29, 1.82) is 0 Å². The van der Waals surface area contributed by atoms with Gasteiger partial charge in [0, 0.05) is 62.3 Å². The van der Waals surface area contributed by atoms with Crippen LogP contribution in [-0.4, -0.2) is 105 Å². The van der Waals surface area contributed by atoms with Crippen molar-refractivity contribution < 1.29 is 81.0 Å². The summed E-state index contributed by atoms with van der Waals surface area (Å²) in [5.41, 5.74) is 2.46. The number of hydrogen-bond donors (Lipinski definition) is 0. The molecule has 0 amide bonds. The molecule has 2 saturated heterocycles. The Bertz CT molecular complexity index is 4130. The summed E-state index contributed by atoms with van der Waals surface area (Å²) in [7, 11) is 0. The van der Waals surface area contributed by atoms with Crippen LogP contribution in [0.4, 0.5) is 0 Å². The minimum absolute atomic E-state index is 0.160. The van der Waals surface area contributed by atoms with E-state index in [2.05, 4.69) is 108 Å². The number of carbonyl (C=O) groups is 8. The molecule has 0 aromatic carbocycles. The van der Waals surface area contributed by atoms with Gasteiger partial charge < -0.3 is 42.6 Å². The quantitative estimate of drug-likeness (QED) is 0.0379. The second kappa shape index (κ2) is 48.4. The van der Waals surface area contributed by atoms with Gasteiger partial charge in [0.15, 0.2) is 0 Å².